The second kappa shape index (κ2) is 10.7. The van der Waals surface area contributed by atoms with Gasteiger partial charge in [-0.05, 0) is 61.3 Å². The molecular formula is C23H22NO4Y-. The van der Waals surface area contributed by atoms with Gasteiger partial charge in [-0.2, -0.15) is 6.07 Å². The molecule has 4 rings (SSSR count). The second-order valence-corrected chi connectivity index (χ2v) is 6.75. The van der Waals surface area contributed by atoms with E-state index in [1.54, 1.807) is 6.07 Å². The molecule has 1 aliphatic rings. The fourth-order valence-corrected chi connectivity index (χ4v) is 3.40. The van der Waals surface area contributed by atoms with Crippen molar-refractivity contribution in [1.29, 1.82) is 0 Å². The monoisotopic (exact) mass is 465 g/mol. The number of benzene rings is 2. The zero-order valence-electron chi connectivity index (χ0n) is 16.1. The number of piperidine rings is 1. The Bertz CT molecular complexity index is 881. The van der Waals surface area contributed by atoms with Crippen molar-refractivity contribution in [2.24, 2.45) is 0 Å². The maximum Gasteiger partial charge on any atom is 0.227 e. The SMILES string of the molecule is O=C1CCCC(COCc2cc[c-]o2)N1c1ccc(Oc2ccccc2)cc1.[Y]. The molecule has 1 aromatic heterocycles. The predicted octanol–water partition coefficient (Wildman–Crippen LogP) is 4.97. The molecule has 6 heteroatoms. The minimum Gasteiger partial charge on any atom is -0.593 e. The molecule has 3 aromatic rings. The van der Waals surface area contributed by atoms with Gasteiger partial charge in [-0.25, -0.2) is 0 Å². The van der Waals surface area contributed by atoms with E-state index in [0.29, 0.717) is 19.6 Å². The number of carbonyl (C=O) groups is 1. The maximum atomic E-state index is 12.6. The minimum atomic E-state index is 0. The third-order valence-electron chi connectivity index (χ3n) is 4.74. The molecule has 1 radical (unpaired) electrons. The van der Waals surface area contributed by atoms with E-state index in [-0.39, 0.29) is 44.7 Å². The van der Waals surface area contributed by atoms with Gasteiger partial charge >= 0.3 is 0 Å². The van der Waals surface area contributed by atoms with Gasteiger partial charge in [0.15, 0.2) is 0 Å². The van der Waals surface area contributed by atoms with E-state index in [9.17, 15) is 4.79 Å². The van der Waals surface area contributed by atoms with E-state index in [4.69, 9.17) is 13.9 Å². The summed E-state index contributed by atoms with van der Waals surface area (Å²) in [5.41, 5.74) is 0.866. The van der Waals surface area contributed by atoms with Crippen LogP contribution in [0.2, 0.25) is 0 Å². The number of ether oxygens (including phenoxy) is 2. The van der Waals surface area contributed by atoms with Gasteiger partial charge in [0.05, 0.1) is 12.6 Å². The number of carbonyl (C=O) groups excluding carboxylic acids is 1. The molecule has 1 amide bonds. The van der Waals surface area contributed by atoms with E-state index in [1.165, 1.54) is 0 Å². The van der Waals surface area contributed by atoms with Crippen molar-refractivity contribution in [3.05, 3.63) is 78.8 Å². The van der Waals surface area contributed by atoms with Crippen LogP contribution < -0.4 is 9.64 Å². The van der Waals surface area contributed by atoms with Crippen LogP contribution in [0.1, 0.15) is 25.0 Å². The van der Waals surface area contributed by atoms with Crippen molar-refractivity contribution in [1.82, 2.24) is 0 Å². The topological polar surface area (TPSA) is 51.9 Å². The minimum absolute atomic E-state index is 0. The zero-order valence-corrected chi connectivity index (χ0v) is 19.0. The Hall–Kier alpha value is -1.95. The summed E-state index contributed by atoms with van der Waals surface area (Å²) in [4.78, 5) is 14.4. The van der Waals surface area contributed by atoms with Crippen LogP contribution in [0.15, 0.2) is 71.1 Å². The summed E-state index contributed by atoms with van der Waals surface area (Å²) in [7, 11) is 0. The summed E-state index contributed by atoms with van der Waals surface area (Å²) >= 11 is 0. The Morgan fingerprint density at radius 3 is 2.52 bits per heavy atom. The number of hydrogen-bond donors (Lipinski definition) is 0. The van der Waals surface area contributed by atoms with Crippen LogP contribution in [-0.2, 0) is 48.8 Å². The molecule has 1 saturated heterocycles. The van der Waals surface area contributed by atoms with Crippen molar-refractivity contribution in [3.63, 3.8) is 0 Å². The Balaban J connectivity index is 0.00000240. The molecule has 2 heterocycles. The van der Waals surface area contributed by atoms with Crippen LogP contribution in [-0.4, -0.2) is 18.6 Å². The van der Waals surface area contributed by atoms with Crippen LogP contribution in [0.3, 0.4) is 0 Å². The number of para-hydroxylation sites is 1. The molecule has 5 nitrogen and oxygen atoms in total. The van der Waals surface area contributed by atoms with E-state index >= 15 is 0 Å². The van der Waals surface area contributed by atoms with Gasteiger partial charge in [-0.15, -0.1) is 6.07 Å². The molecular weight excluding hydrogens is 443 g/mol. The van der Waals surface area contributed by atoms with Crippen LogP contribution in [0, 0.1) is 6.26 Å². The fraction of sp³-hybridized carbons (Fsp3) is 0.261. The predicted molar refractivity (Wildman–Crippen MR) is 105 cm³/mol. The Kier molecular flexibility index (Phi) is 8.04. The van der Waals surface area contributed by atoms with E-state index in [1.807, 2.05) is 65.6 Å². The van der Waals surface area contributed by atoms with Crippen LogP contribution in [0.25, 0.3) is 0 Å². The molecule has 0 aliphatic carbocycles. The first-order chi connectivity index (χ1) is 13.8. The first kappa shape index (κ1) is 21.8. The number of rotatable bonds is 7. The third kappa shape index (κ3) is 5.78. The molecule has 2 aromatic carbocycles. The number of furan rings is 1. The molecule has 147 valence electrons. The molecule has 0 spiro atoms. The normalized spacial score (nSPS) is 16.3. The summed E-state index contributed by atoms with van der Waals surface area (Å²) in [6, 6.07) is 20.8. The Morgan fingerprint density at radius 2 is 1.79 bits per heavy atom. The van der Waals surface area contributed by atoms with E-state index < -0.39 is 0 Å². The summed E-state index contributed by atoms with van der Waals surface area (Å²) in [5, 5.41) is 0. The molecule has 1 atom stereocenters. The average Bonchev–Trinajstić information content (AvgIpc) is 3.23. The number of hydrogen-bond acceptors (Lipinski definition) is 4. The summed E-state index contributed by atoms with van der Waals surface area (Å²) in [5.74, 6) is 2.38. The number of nitrogens with zero attached hydrogens (tertiary/aromatic N) is 1. The van der Waals surface area contributed by atoms with Crippen LogP contribution >= 0.6 is 0 Å². The van der Waals surface area contributed by atoms with Gasteiger partial charge in [-0.3, -0.25) is 4.79 Å². The van der Waals surface area contributed by atoms with Crippen molar-refractivity contribution < 1.29 is 51.4 Å². The summed E-state index contributed by atoms with van der Waals surface area (Å²) in [6.07, 6.45) is 5.01. The van der Waals surface area contributed by atoms with E-state index in [2.05, 4.69) is 6.26 Å². The molecule has 1 unspecified atom stereocenters. The molecule has 29 heavy (non-hydrogen) atoms. The zero-order chi connectivity index (χ0) is 19.2. The smallest absolute Gasteiger partial charge is 0.227 e. The number of amides is 1. The van der Waals surface area contributed by atoms with Crippen molar-refractivity contribution in [3.8, 4) is 11.5 Å². The molecule has 1 aliphatic heterocycles. The van der Waals surface area contributed by atoms with Gasteiger partial charge in [0.1, 0.15) is 11.5 Å². The quantitative estimate of drug-likeness (QED) is 0.463. The largest absolute Gasteiger partial charge is 0.593 e. The maximum absolute atomic E-state index is 12.6. The number of anilines is 1. The van der Waals surface area contributed by atoms with Gasteiger partial charge in [-0.1, -0.05) is 18.2 Å². The third-order valence-corrected chi connectivity index (χ3v) is 4.74. The molecule has 0 bridgehead atoms. The van der Waals surface area contributed by atoms with Crippen LogP contribution in [0.4, 0.5) is 5.69 Å². The van der Waals surface area contributed by atoms with Crippen molar-refractivity contribution in [2.45, 2.75) is 31.9 Å². The van der Waals surface area contributed by atoms with Gasteiger partial charge in [0, 0.05) is 51.4 Å². The van der Waals surface area contributed by atoms with Crippen molar-refractivity contribution in [2.75, 3.05) is 11.5 Å². The molecule has 0 saturated carbocycles. The average molecular weight is 465 g/mol. The second-order valence-electron chi connectivity index (χ2n) is 6.75. The van der Waals surface area contributed by atoms with Gasteiger partial charge < -0.3 is 18.8 Å². The molecule has 1 fully saturated rings. The van der Waals surface area contributed by atoms with Gasteiger partial charge in [0.25, 0.3) is 0 Å². The Labute approximate surface area is 195 Å². The van der Waals surface area contributed by atoms with E-state index in [0.717, 1.165) is 35.8 Å². The standard InChI is InChI=1S/C23H22NO4.Y/c25-23-10-4-6-19(16-26-17-22-9-5-15-27-22)24(23)18-11-13-21(14-12-18)28-20-7-2-1-3-8-20;/h1-3,5,7-9,11-14,19H,4,6,10,16-17H2;/q-1;. The molecule has 0 N–H and O–H groups in total. The summed E-state index contributed by atoms with van der Waals surface area (Å²) < 4.78 is 16.8. The fourth-order valence-electron chi connectivity index (χ4n) is 3.40. The first-order valence-corrected chi connectivity index (χ1v) is 9.47. The first-order valence-electron chi connectivity index (χ1n) is 9.47. The van der Waals surface area contributed by atoms with Gasteiger partial charge in [0.2, 0.25) is 5.91 Å². The summed E-state index contributed by atoms with van der Waals surface area (Å²) in [6.45, 7) is 0.848. The van der Waals surface area contributed by atoms with Crippen LogP contribution in [0.5, 0.6) is 11.5 Å². The Morgan fingerprint density at radius 1 is 1.03 bits per heavy atom. The van der Waals surface area contributed by atoms with Crippen molar-refractivity contribution >= 4 is 11.6 Å².